The summed E-state index contributed by atoms with van der Waals surface area (Å²) in [4.78, 5) is 4.12. The van der Waals surface area contributed by atoms with E-state index in [9.17, 15) is 0 Å². The third-order valence-electron chi connectivity index (χ3n) is 5.49. The van der Waals surface area contributed by atoms with Crippen molar-refractivity contribution in [3.63, 3.8) is 0 Å². The van der Waals surface area contributed by atoms with Crippen LogP contribution in [0.5, 0.6) is 0 Å². The second-order valence-electron chi connectivity index (χ2n) is 6.93. The number of benzene rings is 1. The summed E-state index contributed by atoms with van der Waals surface area (Å²) in [6.45, 7) is 7.14. The minimum absolute atomic E-state index is 0.820. The highest BCUT2D eigenvalue weighted by Crippen LogP contribution is 2.40. The number of nitrogens with zero attached hydrogens (tertiary/aromatic N) is 1. The van der Waals surface area contributed by atoms with E-state index in [1.165, 1.54) is 42.4 Å². The standard InChI is InChI=1S/C22H27NOS/c1-2-24-15-14-23-12-9-18(10-13-23)22-19-6-4-3-5-17(19)7-8-21-20(22)11-16-25-21/h3-6,11,16H,2,7-10,12-15H2,1H3. The Morgan fingerprint density at radius 1 is 1.00 bits per heavy atom. The van der Waals surface area contributed by atoms with Gasteiger partial charge in [-0.05, 0) is 66.3 Å². The second kappa shape index (κ2) is 7.86. The van der Waals surface area contributed by atoms with Crippen LogP contribution in [0.25, 0.3) is 5.57 Å². The average Bonchev–Trinajstić information content (AvgIpc) is 3.05. The predicted octanol–water partition coefficient (Wildman–Crippen LogP) is 4.78. The lowest BCUT2D eigenvalue weighted by molar-refractivity contribution is 0.110. The second-order valence-corrected chi connectivity index (χ2v) is 7.93. The Morgan fingerprint density at radius 2 is 1.84 bits per heavy atom. The summed E-state index contributed by atoms with van der Waals surface area (Å²) < 4.78 is 5.53. The molecule has 25 heavy (non-hydrogen) atoms. The van der Waals surface area contributed by atoms with Crippen LogP contribution in [0, 0.1) is 0 Å². The van der Waals surface area contributed by atoms with E-state index in [1.54, 1.807) is 16.0 Å². The molecule has 1 aliphatic heterocycles. The van der Waals surface area contributed by atoms with Crippen LogP contribution in [-0.4, -0.2) is 37.7 Å². The van der Waals surface area contributed by atoms with Gasteiger partial charge in [0.2, 0.25) is 0 Å². The molecule has 0 saturated carbocycles. The van der Waals surface area contributed by atoms with Crippen LogP contribution < -0.4 is 0 Å². The molecule has 1 aliphatic carbocycles. The molecule has 2 aliphatic rings. The third kappa shape index (κ3) is 3.59. The molecule has 0 radical (unpaired) electrons. The van der Waals surface area contributed by atoms with Gasteiger partial charge in [0.15, 0.2) is 0 Å². The molecule has 3 heteroatoms. The minimum atomic E-state index is 0.820. The van der Waals surface area contributed by atoms with Crippen LogP contribution in [0.2, 0.25) is 0 Å². The lowest BCUT2D eigenvalue weighted by Gasteiger charge is -2.30. The summed E-state index contributed by atoms with van der Waals surface area (Å²) in [5, 5.41) is 2.27. The van der Waals surface area contributed by atoms with Gasteiger partial charge in [-0.2, -0.15) is 0 Å². The van der Waals surface area contributed by atoms with Crippen molar-refractivity contribution in [3.05, 3.63) is 62.9 Å². The highest BCUT2D eigenvalue weighted by molar-refractivity contribution is 7.10. The molecule has 0 unspecified atom stereocenters. The molecule has 4 rings (SSSR count). The zero-order chi connectivity index (χ0) is 17.1. The van der Waals surface area contributed by atoms with Gasteiger partial charge in [0, 0.05) is 31.1 Å². The van der Waals surface area contributed by atoms with Gasteiger partial charge in [0.1, 0.15) is 0 Å². The summed E-state index contributed by atoms with van der Waals surface area (Å²) in [5.41, 5.74) is 7.72. The zero-order valence-corrected chi connectivity index (χ0v) is 15.9. The molecule has 2 heterocycles. The van der Waals surface area contributed by atoms with Gasteiger partial charge in [-0.1, -0.05) is 29.8 Å². The van der Waals surface area contributed by atoms with E-state index in [1.807, 2.05) is 11.3 Å². The SMILES string of the molecule is CCOCCN1CCC(=C2c3ccccc3CCc3sccc32)CC1. The monoisotopic (exact) mass is 353 g/mol. The summed E-state index contributed by atoms with van der Waals surface area (Å²) >= 11 is 1.93. The Morgan fingerprint density at radius 3 is 2.68 bits per heavy atom. The highest BCUT2D eigenvalue weighted by Gasteiger charge is 2.24. The van der Waals surface area contributed by atoms with Gasteiger partial charge in [-0.3, -0.25) is 0 Å². The summed E-state index contributed by atoms with van der Waals surface area (Å²) in [6.07, 6.45) is 4.72. The Hall–Kier alpha value is -1.42. The largest absolute Gasteiger partial charge is 0.380 e. The van der Waals surface area contributed by atoms with Gasteiger partial charge < -0.3 is 9.64 Å². The van der Waals surface area contributed by atoms with E-state index in [4.69, 9.17) is 4.74 Å². The van der Waals surface area contributed by atoms with E-state index >= 15 is 0 Å². The van der Waals surface area contributed by atoms with Crippen molar-refractivity contribution in [2.75, 3.05) is 32.8 Å². The molecule has 2 aromatic rings. The van der Waals surface area contributed by atoms with Crippen molar-refractivity contribution < 1.29 is 4.74 Å². The maximum atomic E-state index is 5.53. The first-order chi connectivity index (χ1) is 12.4. The van der Waals surface area contributed by atoms with Crippen LogP contribution >= 0.6 is 11.3 Å². The Balaban J connectivity index is 1.63. The van der Waals surface area contributed by atoms with Crippen LogP contribution in [0.3, 0.4) is 0 Å². The van der Waals surface area contributed by atoms with Crippen molar-refractivity contribution in [1.82, 2.24) is 4.90 Å². The number of piperidine rings is 1. The Labute approximate surface area is 155 Å². The number of thiophene rings is 1. The molecule has 0 amide bonds. The number of ether oxygens (including phenoxy) is 1. The van der Waals surface area contributed by atoms with Gasteiger partial charge in [0.05, 0.1) is 6.61 Å². The number of hydrogen-bond acceptors (Lipinski definition) is 3. The van der Waals surface area contributed by atoms with E-state index in [-0.39, 0.29) is 0 Å². The number of fused-ring (bicyclic) bond motifs is 2. The van der Waals surface area contributed by atoms with Crippen molar-refractivity contribution in [3.8, 4) is 0 Å². The first-order valence-corrected chi connectivity index (χ1v) is 10.4. The highest BCUT2D eigenvalue weighted by atomic mass is 32.1. The van der Waals surface area contributed by atoms with Crippen molar-refractivity contribution in [2.24, 2.45) is 0 Å². The molecule has 1 aromatic heterocycles. The smallest absolute Gasteiger partial charge is 0.0593 e. The van der Waals surface area contributed by atoms with Gasteiger partial charge in [-0.15, -0.1) is 11.3 Å². The van der Waals surface area contributed by atoms with Crippen LogP contribution in [0.4, 0.5) is 0 Å². The van der Waals surface area contributed by atoms with E-state index < -0.39 is 0 Å². The molecular weight excluding hydrogens is 326 g/mol. The Kier molecular flexibility index (Phi) is 5.35. The molecule has 2 nitrogen and oxygen atoms in total. The van der Waals surface area contributed by atoms with Crippen LogP contribution in [0.1, 0.15) is 41.3 Å². The quantitative estimate of drug-likeness (QED) is 0.734. The van der Waals surface area contributed by atoms with Crippen molar-refractivity contribution >= 4 is 16.9 Å². The maximum absolute atomic E-state index is 5.53. The first kappa shape index (κ1) is 17.0. The number of rotatable bonds is 4. The van der Waals surface area contributed by atoms with Crippen molar-refractivity contribution in [1.29, 1.82) is 0 Å². The fourth-order valence-corrected chi connectivity index (χ4v) is 5.03. The lowest BCUT2D eigenvalue weighted by atomic mass is 9.87. The predicted molar refractivity (Wildman–Crippen MR) is 106 cm³/mol. The molecule has 1 aromatic carbocycles. The lowest BCUT2D eigenvalue weighted by Crippen LogP contribution is -2.33. The van der Waals surface area contributed by atoms with Gasteiger partial charge in [-0.25, -0.2) is 0 Å². The molecule has 0 spiro atoms. The zero-order valence-electron chi connectivity index (χ0n) is 15.1. The molecule has 1 saturated heterocycles. The fraction of sp³-hybridized carbons (Fsp3) is 0.455. The number of aryl methyl sites for hydroxylation is 2. The summed E-state index contributed by atoms with van der Waals surface area (Å²) in [7, 11) is 0. The third-order valence-corrected chi connectivity index (χ3v) is 6.47. The molecule has 0 bridgehead atoms. The topological polar surface area (TPSA) is 12.5 Å². The summed E-state index contributed by atoms with van der Waals surface area (Å²) in [5.74, 6) is 0. The fourth-order valence-electron chi connectivity index (χ4n) is 4.15. The molecule has 0 atom stereocenters. The van der Waals surface area contributed by atoms with Crippen LogP contribution in [0.15, 0.2) is 41.3 Å². The first-order valence-electron chi connectivity index (χ1n) is 9.54. The van der Waals surface area contributed by atoms with Crippen LogP contribution in [-0.2, 0) is 17.6 Å². The molecule has 1 fully saturated rings. The van der Waals surface area contributed by atoms with Gasteiger partial charge >= 0.3 is 0 Å². The summed E-state index contributed by atoms with van der Waals surface area (Å²) in [6, 6.07) is 11.4. The van der Waals surface area contributed by atoms with Crippen molar-refractivity contribution in [2.45, 2.75) is 32.6 Å². The average molecular weight is 354 g/mol. The normalized spacial score (nSPS) is 18.0. The number of likely N-dealkylation sites (tertiary alicyclic amines) is 1. The Bertz CT molecular complexity index is 751. The maximum Gasteiger partial charge on any atom is 0.0593 e. The molecular formula is C22H27NOS. The number of hydrogen-bond donors (Lipinski definition) is 0. The molecule has 0 N–H and O–H groups in total. The van der Waals surface area contributed by atoms with Gasteiger partial charge in [0.25, 0.3) is 0 Å². The van der Waals surface area contributed by atoms with E-state index in [0.717, 1.165) is 32.8 Å². The minimum Gasteiger partial charge on any atom is -0.380 e. The molecule has 132 valence electrons. The van der Waals surface area contributed by atoms with E-state index in [0.29, 0.717) is 0 Å². The van der Waals surface area contributed by atoms with E-state index in [2.05, 4.69) is 47.5 Å².